The van der Waals surface area contributed by atoms with Crippen molar-refractivity contribution in [2.24, 2.45) is 0 Å². The van der Waals surface area contributed by atoms with Gasteiger partial charge in [0.1, 0.15) is 11.5 Å². The second-order valence-corrected chi connectivity index (χ2v) is 6.05. The molecule has 2 aromatic rings. The van der Waals surface area contributed by atoms with Crippen LogP contribution in [-0.2, 0) is 10.2 Å². The first-order valence-corrected chi connectivity index (χ1v) is 7.19. The quantitative estimate of drug-likeness (QED) is 0.779. The summed E-state index contributed by atoms with van der Waals surface area (Å²) >= 11 is 11.9. The first-order chi connectivity index (χ1) is 10.2. The number of phenols is 2. The van der Waals surface area contributed by atoms with Gasteiger partial charge in [-0.25, -0.2) is 0 Å². The maximum Gasteiger partial charge on any atom is 0.304 e. The van der Waals surface area contributed by atoms with Crippen molar-refractivity contribution in [1.82, 2.24) is 0 Å². The normalized spacial score (nSPS) is 11.4. The maximum absolute atomic E-state index is 11.3. The lowest BCUT2D eigenvalue weighted by atomic mass is 9.73. The zero-order valence-electron chi connectivity index (χ0n) is 11.7. The van der Waals surface area contributed by atoms with E-state index in [1.165, 1.54) is 24.3 Å². The highest BCUT2D eigenvalue weighted by atomic mass is 35.5. The van der Waals surface area contributed by atoms with Crippen molar-refractivity contribution < 1.29 is 20.1 Å². The largest absolute Gasteiger partial charge is 0.506 e. The number of halogens is 2. The molecular formula is C16H14Cl2O4. The summed E-state index contributed by atoms with van der Waals surface area (Å²) in [5.41, 5.74) is 0.333. The van der Waals surface area contributed by atoms with Crippen LogP contribution in [0.2, 0.25) is 10.0 Å². The van der Waals surface area contributed by atoms with E-state index in [0.29, 0.717) is 11.1 Å². The van der Waals surface area contributed by atoms with Crippen LogP contribution in [0.3, 0.4) is 0 Å². The lowest BCUT2D eigenvalue weighted by Crippen LogP contribution is -2.27. The van der Waals surface area contributed by atoms with Crippen LogP contribution in [0.4, 0.5) is 0 Å². The van der Waals surface area contributed by atoms with Crippen molar-refractivity contribution in [3.8, 4) is 11.5 Å². The molecule has 0 saturated carbocycles. The van der Waals surface area contributed by atoms with Gasteiger partial charge in [-0.05, 0) is 35.4 Å². The standard InChI is InChI=1S/C16H14Cl2O4/c1-16(8-15(21)22,9-2-4-13(19)11(17)6-9)10-3-5-14(20)12(18)7-10/h2-7,19-20H,8H2,1H3,(H,21,22). The van der Waals surface area contributed by atoms with Gasteiger partial charge in [-0.3, -0.25) is 4.79 Å². The van der Waals surface area contributed by atoms with Gasteiger partial charge in [0.05, 0.1) is 16.5 Å². The van der Waals surface area contributed by atoms with Gasteiger partial charge in [0.15, 0.2) is 0 Å². The summed E-state index contributed by atoms with van der Waals surface area (Å²) in [7, 11) is 0. The van der Waals surface area contributed by atoms with Crippen LogP contribution >= 0.6 is 23.2 Å². The molecule has 0 unspecified atom stereocenters. The third kappa shape index (κ3) is 3.13. The molecule has 0 atom stereocenters. The molecule has 0 heterocycles. The maximum atomic E-state index is 11.3. The number of carboxylic acid groups (broad SMARTS) is 1. The SMILES string of the molecule is CC(CC(=O)O)(c1ccc(O)c(Cl)c1)c1ccc(O)c(Cl)c1. The first-order valence-electron chi connectivity index (χ1n) is 6.44. The Kier molecular flexibility index (Phi) is 4.54. The van der Waals surface area contributed by atoms with Crippen LogP contribution in [0.25, 0.3) is 0 Å². The van der Waals surface area contributed by atoms with Gasteiger partial charge in [0.2, 0.25) is 0 Å². The average molecular weight is 341 g/mol. The Bertz CT molecular complexity index is 677. The molecule has 0 aliphatic rings. The topological polar surface area (TPSA) is 77.8 Å². The van der Waals surface area contributed by atoms with Crippen LogP contribution in [0, 0.1) is 0 Å². The van der Waals surface area contributed by atoms with Crippen molar-refractivity contribution in [1.29, 1.82) is 0 Å². The van der Waals surface area contributed by atoms with Crippen molar-refractivity contribution in [3.63, 3.8) is 0 Å². The molecule has 2 rings (SSSR count). The monoisotopic (exact) mass is 340 g/mol. The van der Waals surface area contributed by atoms with Crippen LogP contribution in [0.5, 0.6) is 11.5 Å². The predicted octanol–water partition coefficient (Wildman–Crippen LogP) is 4.19. The van der Waals surface area contributed by atoms with E-state index in [2.05, 4.69) is 0 Å². The Balaban J connectivity index is 2.62. The van der Waals surface area contributed by atoms with Gasteiger partial charge in [-0.1, -0.05) is 42.3 Å². The van der Waals surface area contributed by atoms with Crippen LogP contribution in [0.1, 0.15) is 24.5 Å². The highest BCUT2D eigenvalue weighted by Crippen LogP contribution is 2.40. The lowest BCUT2D eigenvalue weighted by molar-refractivity contribution is -0.138. The van der Waals surface area contributed by atoms with E-state index in [1.807, 2.05) is 0 Å². The Labute approximate surface area is 137 Å². The smallest absolute Gasteiger partial charge is 0.304 e. The molecule has 22 heavy (non-hydrogen) atoms. The molecule has 0 fully saturated rings. The summed E-state index contributed by atoms with van der Waals surface area (Å²) < 4.78 is 0. The number of hydrogen-bond acceptors (Lipinski definition) is 3. The summed E-state index contributed by atoms with van der Waals surface area (Å²) in [6.07, 6.45) is -0.199. The van der Waals surface area contributed by atoms with Crippen molar-refractivity contribution >= 4 is 29.2 Å². The van der Waals surface area contributed by atoms with E-state index >= 15 is 0 Å². The molecule has 2 aromatic carbocycles. The molecule has 116 valence electrons. The predicted molar refractivity (Wildman–Crippen MR) is 84.9 cm³/mol. The fourth-order valence-electron chi connectivity index (χ4n) is 2.37. The second-order valence-electron chi connectivity index (χ2n) is 5.24. The fraction of sp³-hybridized carbons (Fsp3) is 0.188. The molecule has 0 aliphatic heterocycles. The van der Waals surface area contributed by atoms with E-state index in [0.717, 1.165) is 0 Å². The van der Waals surface area contributed by atoms with Gasteiger partial charge in [0.25, 0.3) is 0 Å². The summed E-state index contributed by atoms with van der Waals surface area (Å²) in [4.78, 5) is 11.3. The second kappa shape index (κ2) is 6.07. The van der Waals surface area contributed by atoms with Crippen molar-refractivity contribution in [3.05, 3.63) is 57.6 Å². The number of phenolic OH excluding ortho intramolecular Hbond substituents is 2. The molecule has 0 amide bonds. The molecule has 0 aromatic heterocycles. The molecule has 0 spiro atoms. The number of aliphatic carboxylic acids is 1. The number of carbonyl (C=O) groups is 1. The molecule has 3 N–H and O–H groups in total. The van der Waals surface area contributed by atoms with Crippen molar-refractivity contribution in [2.45, 2.75) is 18.8 Å². The number of aromatic hydroxyl groups is 2. The lowest BCUT2D eigenvalue weighted by Gasteiger charge is -2.30. The summed E-state index contributed by atoms with van der Waals surface area (Å²) in [6.45, 7) is 1.74. The van der Waals surface area contributed by atoms with E-state index in [4.69, 9.17) is 23.2 Å². The highest BCUT2D eigenvalue weighted by molar-refractivity contribution is 6.32. The third-order valence-corrected chi connectivity index (χ3v) is 4.28. The number of carboxylic acids is 1. The summed E-state index contributed by atoms with van der Waals surface area (Å²) in [6, 6.07) is 9.12. The first kappa shape index (κ1) is 16.5. The Morgan fingerprint density at radius 1 is 1.00 bits per heavy atom. The van der Waals surface area contributed by atoms with Crippen molar-refractivity contribution in [2.75, 3.05) is 0 Å². The van der Waals surface area contributed by atoms with Gasteiger partial charge in [0, 0.05) is 5.41 Å². The minimum Gasteiger partial charge on any atom is -0.506 e. The van der Waals surface area contributed by atoms with Gasteiger partial charge in [-0.2, -0.15) is 0 Å². The Morgan fingerprint density at radius 3 is 1.73 bits per heavy atom. The minimum atomic E-state index is -0.990. The molecule has 4 nitrogen and oxygen atoms in total. The zero-order chi connectivity index (χ0) is 16.5. The van der Waals surface area contributed by atoms with Gasteiger partial charge >= 0.3 is 5.97 Å². The number of benzene rings is 2. The Morgan fingerprint density at radius 2 is 1.41 bits per heavy atom. The zero-order valence-corrected chi connectivity index (χ0v) is 13.2. The van der Waals surface area contributed by atoms with E-state index < -0.39 is 11.4 Å². The fourth-order valence-corrected chi connectivity index (χ4v) is 2.73. The highest BCUT2D eigenvalue weighted by Gasteiger charge is 2.32. The summed E-state index contributed by atoms with van der Waals surface area (Å²) in [5, 5.41) is 28.6. The third-order valence-electron chi connectivity index (χ3n) is 3.67. The van der Waals surface area contributed by atoms with Gasteiger partial charge in [-0.15, -0.1) is 0 Å². The Hall–Kier alpha value is -1.91. The van der Waals surface area contributed by atoms with E-state index in [9.17, 15) is 20.1 Å². The van der Waals surface area contributed by atoms with Crippen LogP contribution in [0.15, 0.2) is 36.4 Å². The number of rotatable bonds is 4. The van der Waals surface area contributed by atoms with Crippen LogP contribution < -0.4 is 0 Å². The van der Waals surface area contributed by atoms with E-state index in [-0.39, 0.29) is 28.0 Å². The molecule has 0 radical (unpaired) electrons. The number of hydrogen-bond donors (Lipinski definition) is 3. The molecule has 0 aliphatic carbocycles. The van der Waals surface area contributed by atoms with Crippen LogP contribution in [-0.4, -0.2) is 21.3 Å². The molecule has 0 saturated heterocycles. The molecular weight excluding hydrogens is 327 g/mol. The van der Waals surface area contributed by atoms with Gasteiger partial charge < -0.3 is 15.3 Å². The molecule has 0 bridgehead atoms. The minimum absolute atomic E-state index is 0.0770. The summed E-state index contributed by atoms with van der Waals surface area (Å²) in [5.74, 6) is -1.14. The molecule has 6 heteroatoms. The average Bonchev–Trinajstić information content (AvgIpc) is 2.43. The van der Waals surface area contributed by atoms with E-state index in [1.54, 1.807) is 19.1 Å².